The number of amides is 2. The number of carbonyl (C=O) groups excluding carboxylic acids is 1. The predicted molar refractivity (Wildman–Crippen MR) is 42.4 cm³/mol. The number of rotatable bonds is 4. The van der Waals surface area contributed by atoms with Crippen LogP contribution in [0.4, 0.5) is 18.0 Å². The third-order valence-corrected chi connectivity index (χ3v) is 1.23. The molecule has 0 unspecified atom stereocenters. The van der Waals surface area contributed by atoms with Gasteiger partial charge in [0.15, 0.2) is 0 Å². The lowest BCUT2D eigenvalue weighted by Gasteiger charge is -2.08. The summed E-state index contributed by atoms with van der Waals surface area (Å²) in [6, 6.07) is -0.550. The summed E-state index contributed by atoms with van der Waals surface area (Å²) in [5.74, 6) is 0. The molecule has 0 fully saturated rings. The molecule has 0 rings (SSSR count). The average molecular weight is 198 g/mol. The van der Waals surface area contributed by atoms with Crippen molar-refractivity contribution in [3.05, 3.63) is 0 Å². The molecule has 0 saturated carbocycles. The minimum atomic E-state index is -4.21. The third-order valence-electron chi connectivity index (χ3n) is 1.23. The van der Waals surface area contributed by atoms with E-state index in [-0.39, 0.29) is 6.54 Å². The minimum Gasteiger partial charge on any atom is -0.338 e. The van der Waals surface area contributed by atoms with E-state index in [1.54, 1.807) is 0 Å². The van der Waals surface area contributed by atoms with Gasteiger partial charge in [0.05, 0.1) is 6.42 Å². The van der Waals surface area contributed by atoms with E-state index in [9.17, 15) is 18.0 Å². The lowest BCUT2D eigenvalue weighted by atomic mass is 10.4. The smallest absolute Gasteiger partial charge is 0.338 e. The summed E-state index contributed by atoms with van der Waals surface area (Å²) in [5, 5.41) is 4.51. The van der Waals surface area contributed by atoms with Gasteiger partial charge in [-0.25, -0.2) is 4.79 Å². The molecule has 3 nitrogen and oxygen atoms in total. The summed E-state index contributed by atoms with van der Waals surface area (Å²) in [6.07, 6.45) is -4.45. The van der Waals surface area contributed by atoms with Crippen molar-refractivity contribution in [2.24, 2.45) is 0 Å². The van der Waals surface area contributed by atoms with Crippen molar-refractivity contribution in [3.8, 4) is 0 Å². The van der Waals surface area contributed by atoms with E-state index in [0.717, 1.165) is 6.42 Å². The van der Waals surface area contributed by atoms with E-state index in [1.807, 2.05) is 6.92 Å². The van der Waals surface area contributed by atoms with E-state index >= 15 is 0 Å². The van der Waals surface area contributed by atoms with Crippen LogP contribution in [0.1, 0.15) is 19.8 Å². The SMILES string of the molecule is CCCNC(=O)NCCC(F)(F)F. The molecule has 0 radical (unpaired) electrons. The first-order valence-electron chi connectivity index (χ1n) is 4.04. The van der Waals surface area contributed by atoms with Crippen molar-refractivity contribution in [1.29, 1.82) is 0 Å². The number of hydrogen-bond donors (Lipinski definition) is 2. The molecule has 0 spiro atoms. The molecular weight excluding hydrogens is 185 g/mol. The number of halogens is 3. The zero-order valence-corrected chi connectivity index (χ0v) is 7.37. The maximum absolute atomic E-state index is 11.6. The summed E-state index contributed by atoms with van der Waals surface area (Å²) < 4.78 is 34.8. The largest absolute Gasteiger partial charge is 0.390 e. The Kier molecular flexibility index (Phi) is 5.25. The zero-order valence-electron chi connectivity index (χ0n) is 7.37. The number of nitrogens with one attached hydrogen (secondary N) is 2. The molecule has 0 aliphatic heterocycles. The Morgan fingerprint density at radius 3 is 2.23 bits per heavy atom. The van der Waals surface area contributed by atoms with Gasteiger partial charge < -0.3 is 10.6 Å². The summed E-state index contributed by atoms with van der Waals surface area (Å²) >= 11 is 0. The third kappa shape index (κ3) is 8.97. The summed E-state index contributed by atoms with van der Waals surface area (Å²) in [7, 11) is 0. The molecule has 13 heavy (non-hydrogen) atoms. The molecule has 0 atom stereocenters. The van der Waals surface area contributed by atoms with Crippen molar-refractivity contribution in [2.75, 3.05) is 13.1 Å². The van der Waals surface area contributed by atoms with Crippen LogP contribution in [0.15, 0.2) is 0 Å². The Balaban J connectivity index is 3.37. The van der Waals surface area contributed by atoms with Crippen molar-refractivity contribution < 1.29 is 18.0 Å². The average Bonchev–Trinajstić information content (AvgIpc) is 1.98. The van der Waals surface area contributed by atoms with Gasteiger partial charge in [0.25, 0.3) is 0 Å². The van der Waals surface area contributed by atoms with Crippen molar-refractivity contribution >= 4 is 6.03 Å². The molecule has 6 heteroatoms. The quantitative estimate of drug-likeness (QED) is 0.708. The molecular formula is C7H13F3N2O. The summed E-state index contributed by atoms with van der Waals surface area (Å²) in [4.78, 5) is 10.7. The van der Waals surface area contributed by atoms with E-state index in [1.165, 1.54) is 0 Å². The lowest BCUT2D eigenvalue weighted by Crippen LogP contribution is -2.37. The van der Waals surface area contributed by atoms with Crippen LogP contribution in [0, 0.1) is 0 Å². The molecule has 0 aromatic rings. The van der Waals surface area contributed by atoms with Crippen LogP contribution in [0.25, 0.3) is 0 Å². The molecule has 0 aromatic carbocycles. The molecule has 78 valence electrons. The highest BCUT2D eigenvalue weighted by Crippen LogP contribution is 2.17. The van der Waals surface area contributed by atoms with Crippen LogP contribution in [0.5, 0.6) is 0 Å². The molecule has 0 aromatic heterocycles. The highest BCUT2D eigenvalue weighted by atomic mass is 19.4. The lowest BCUT2D eigenvalue weighted by molar-refractivity contribution is -0.132. The maximum Gasteiger partial charge on any atom is 0.390 e. The Hall–Kier alpha value is -0.940. The number of urea groups is 1. The molecule has 2 amide bonds. The van der Waals surface area contributed by atoms with Gasteiger partial charge in [-0.3, -0.25) is 0 Å². The highest BCUT2D eigenvalue weighted by molar-refractivity contribution is 5.73. The number of alkyl halides is 3. The fraction of sp³-hybridized carbons (Fsp3) is 0.857. The van der Waals surface area contributed by atoms with Gasteiger partial charge in [-0.1, -0.05) is 6.92 Å². The molecule has 2 N–H and O–H groups in total. The van der Waals surface area contributed by atoms with E-state index < -0.39 is 18.6 Å². The zero-order chi connectivity index (χ0) is 10.3. The molecule has 0 heterocycles. The second-order valence-corrected chi connectivity index (χ2v) is 2.55. The van der Waals surface area contributed by atoms with Gasteiger partial charge in [0.1, 0.15) is 0 Å². The van der Waals surface area contributed by atoms with E-state index in [0.29, 0.717) is 6.54 Å². The fourth-order valence-electron chi connectivity index (χ4n) is 0.619. The van der Waals surface area contributed by atoms with E-state index in [4.69, 9.17) is 0 Å². The second-order valence-electron chi connectivity index (χ2n) is 2.55. The first kappa shape index (κ1) is 12.1. The van der Waals surface area contributed by atoms with Crippen LogP contribution < -0.4 is 10.6 Å². The normalized spacial score (nSPS) is 11.1. The van der Waals surface area contributed by atoms with Gasteiger partial charge in [-0.05, 0) is 6.42 Å². The summed E-state index contributed by atoms with van der Waals surface area (Å²) in [6.45, 7) is 1.95. The van der Waals surface area contributed by atoms with Crippen molar-refractivity contribution in [2.45, 2.75) is 25.9 Å². The van der Waals surface area contributed by atoms with Gasteiger partial charge >= 0.3 is 12.2 Å². The summed E-state index contributed by atoms with van der Waals surface area (Å²) in [5.41, 5.74) is 0. The Bertz CT molecular complexity index is 158. The standard InChI is InChI=1S/C7H13F3N2O/c1-2-4-11-6(13)12-5-3-7(8,9)10/h2-5H2,1H3,(H2,11,12,13). The topological polar surface area (TPSA) is 41.1 Å². The number of hydrogen-bond acceptors (Lipinski definition) is 1. The first-order chi connectivity index (χ1) is 5.95. The highest BCUT2D eigenvalue weighted by Gasteiger charge is 2.26. The van der Waals surface area contributed by atoms with Gasteiger partial charge in [-0.15, -0.1) is 0 Å². The van der Waals surface area contributed by atoms with Gasteiger partial charge in [0, 0.05) is 13.1 Å². The van der Waals surface area contributed by atoms with E-state index in [2.05, 4.69) is 10.6 Å². The first-order valence-corrected chi connectivity index (χ1v) is 4.04. The number of carbonyl (C=O) groups is 1. The molecule has 0 aliphatic carbocycles. The van der Waals surface area contributed by atoms with Crippen LogP contribution in [0.3, 0.4) is 0 Å². The van der Waals surface area contributed by atoms with Gasteiger partial charge in [0.2, 0.25) is 0 Å². The van der Waals surface area contributed by atoms with Crippen molar-refractivity contribution in [3.63, 3.8) is 0 Å². The maximum atomic E-state index is 11.6. The Morgan fingerprint density at radius 1 is 1.23 bits per heavy atom. The molecule has 0 saturated heterocycles. The second kappa shape index (κ2) is 5.66. The fourth-order valence-corrected chi connectivity index (χ4v) is 0.619. The Labute approximate surface area is 74.7 Å². The minimum absolute atomic E-state index is 0.376. The van der Waals surface area contributed by atoms with Gasteiger partial charge in [-0.2, -0.15) is 13.2 Å². The van der Waals surface area contributed by atoms with Crippen LogP contribution in [0.2, 0.25) is 0 Å². The molecule has 0 bridgehead atoms. The monoisotopic (exact) mass is 198 g/mol. The Morgan fingerprint density at radius 2 is 1.77 bits per heavy atom. The van der Waals surface area contributed by atoms with Crippen LogP contribution in [-0.4, -0.2) is 25.3 Å². The predicted octanol–water partition coefficient (Wildman–Crippen LogP) is 1.65. The van der Waals surface area contributed by atoms with Crippen molar-refractivity contribution in [1.82, 2.24) is 10.6 Å². The van der Waals surface area contributed by atoms with Crippen LogP contribution in [-0.2, 0) is 0 Å². The molecule has 0 aliphatic rings. The van der Waals surface area contributed by atoms with Crippen LogP contribution >= 0.6 is 0 Å².